The van der Waals surface area contributed by atoms with Crippen LogP contribution in [0.5, 0.6) is 0 Å². The molecule has 0 bridgehead atoms. The highest BCUT2D eigenvalue weighted by Crippen LogP contribution is 1.96. The van der Waals surface area contributed by atoms with Gasteiger partial charge < -0.3 is 9.53 Å². The average molecular weight is 222 g/mol. The van der Waals surface area contributed by atoms with Crippen LogP contribution in [0.25, 0.3) is 6.08 Å². The van der Waals surface area contributed by atoms with Crippen molar-refractivity contribution in [3.05, 3.63) is 36.4 Å². The van der Waals surface area contributed by atoms with Crippen LogP contribution in [0.1, 0.15) is 5.56 Å². The molecule has 0 amide bonds. The Labute approximate surface area is 89.1 Å². The van der Waals surface area contributed by atoms with Crippen molar-refractivity contribution in [2.45, 2.75) is 0 Å². The van der Waals surface area contributed by atoms with Crippen molar-refractivity contribution in [2.75, 3.05) is 0 Å². The maximum absolute atomic E-state index is 10.7. The number of hydrogen-bond acceptors (Lipinski definition) is 3. The fraction of sp³-hybridized carbons (Fsp3) is 0. The summed E-state index contributed by atoms with van der Waals surface area (Å²) in [7, 11) is -1.34. The predicted molar refractivity (Wildman–Crippen MR) is 58.4 cm³/mol. The summed E-state index contributed by atoms with van der Waals surface area (Å²) in [5.74, 6) is -2.75. The number of benzene rings is 1. The van der Waals surface area contributed by atoms with Gasteiger partial charge in [-0.15, -0.1) is 0 Å². The van der Waals surface area contributed by atoms with Crippen molar-refractivity contribution in [1.29, 1.82) is 0 Å². The van der Waals surface area contributed by atoms with Gasteiger partial charge in [0.25, 0.3) is 9.76 Å². The molecule has 5 heteroatoms. The molecule has 0 heterocycles. The Morgan fingerprint density at radius 3 is 2.67 bits per heavy atom. The maximum atomic E-state index is 10.7. The van der Waals surface area contributed by atoms with Crippen molar-refractivity contribution in [3.63, 3.8) is 0 Å². The van der Waals surface area contributed by atoms with Gasteiger partial charge in [0.1, 0.15) is 0 Å². The molecular weight excluding hydrogens is 212 g/mol. The van der Waals surface area contributed by atoms with Crippen LogP contribution in [0, 0.1) is 0 Å². The zero-order valence-corrected chi connectivity index (χ0v) is 9.39. The fourth-order valence-corrected chi connectivity index (χ4v) is 2.14. The van der Waals surface area contributed by atoms with E-state index in [9.17, 15) is 9.59 Å². The quantitative estimate of drug-likeness (QED) is 0.561. The molecule has 0 aliphatic carbocycles. The second-order valence-electron chi connectivity index (χ2n) is 2.78. The summed E-state index contributed by atoms with van der Waals surface area (Å²) >= 11 is 0. The summed E-state index contributed by atoms with van der Waals surface area (Å²) in [6.45, 7) is 3.62. The summed E-state index contributed by atoms with van der Waals surface area (Å²) in [6.07, 6.45) is 1.65. The van der Waals surface area contributed by atoms with E-state index in [1.165, 1.54) is 0 Å². The molecule has 0 atom stereocenters. The second kappa shape index (κ2) is 5.11. The molecule has 0 aliphatic heterocycles. The number of carbonyl (C=O) groups is 2. The Morgan fingerprint density at radius 1 is 1.40 bits per heavy atom. The molecule has 0 aliphatic rings. The minimum absolute atomic E-state index is 0.863. The third-order valence-electron chi connectivity index (χ3n) is 1.81. The van der Waals surface area contributed by atoms with Gasteiger partial charge in [-0.1, -0.05) is 36.9 Å². The molecule has 1 rings (SSSR count). The Balaban J connectivity index is 2.69. The van der Waals surface area contributed by atoms with Gasteiger partial charge in [0.05, 0.1) is 0 Å². The first-order chi connectivity index (χ1) is 7.15. The van der Waals surface area contributed by atoms with Gasteiger partial charge in [0.15, 0.2) is 0 Å². The number of aliphatic carboxylic acids is 1. The zero-order chi connectivity index (χ0) is 11.3. The first-order valence-corrected chi connectivity index (χ1v) is 5.54. The second-order valence-corrected chi connectivity index (χ2v) is 4.12. The summed E-state index contributed by atoms with van der Waals surface area (Å²) in [6, 6.07) is 7.29. The van der Waals surface area contributed by atoms with Crippen LogP contribution in [-0.4, -0.2) is 26.8 Å². The molecule has 0 radical (unpaired) electrons. The highest BCUT2D eigenvalue weighted by atomic mass is 28.2. The van der Waals surface area contributed by atoms with Crippen LogP contribution < -0.4 is 5.19 Å². The lowest BCUT2D eigenvalue weighted by Gasteiger charge is -2.04. The molecule has 1 aromatic rings. The monoisotopic (exact) mass is 222 g/mol. The summed E-state index contributed by atoms with van der Waals surface area (Å²) < 4.78 is 4.68. The lowest BCUT2D eigenvalue weighted by atomic mass is 10.2. The fourth-order valence-electron chi connectivity index (χ4n) is 1.07. The van der Waals surface area contributed by atoms with Crippen LogP contribution in [-0.2, 0) is 14.0 Å². The Bertz CT molecular complexity index is 400. The molecule has 0 fully saturated rings. The van der Waals surface area contributed by atoms with Crippen molar-refractivity contribution in [2.24, 2.45) is 0 Å². The normalized spacial score (nSPS) is 10.1. The smallest absolute Gasteiger partial charge is 0.413 e. The summed E-state index contributed by atoms with van der Waals surface area (Å²) in [5.41, 5.74) is 0.877. The van der Waals surface area contributed by atoms with E-state index in [2.05, 4.69) is 11.0 Å². The third kappa shape index (κ3) is 3.06. The Kier molecular flexibility index (Phi) is 3.81. The first-order valence-electron chi connectivity index (χ1n) is 4.25. The number of rotatable bonds is 3. The van der Waals surface area contributed by atoms with Crippen LogP contribution in [0.15, 0.2) is 30.8 Å². The van der Waals surface area contributed by atoms with Crippen LogP contribution >= 0.6 is 0 Å². The van der Waals surface area contributed by atoms with E-state index in [4.69, 9.17) is 5.11 Å². The van der Waals surface area contributed by atoms with Gasteiger partial charge >= 0.3 is 11.9 Å². The van der Waals surface area contributed by atoms with Gasteiger partial charge in [-0.05, 0) is 10.8 Å². The van der Waals surface area contributed by atoms with E-state index in [1.807, 2.05) is 18.2 Å². The molecule has 15 heavy (non-hydrogen) atoms. The van der Waals surface area contributed by atoms with Gasteiger partial charge in [-0.2, -0.15) is 0 Å². The lowest BCUT2D eigenvalue weighted by Crippen LogP contribution is -2.27. The first kappa shape index (κ1) is 11.2. The van der Waals surface area contributed by atoms with Crippen molar-refractivity contribution in [3.8, 4) is 0 Å². The minimum atomic E-state index is -1.56. The number of carboxylic acid groups (broad SMARTS) is 1. The summed E-state index contributed by atoms with van der Waals surface area (Å²) in [4.78, 5) is 20.9. The highest BCUT2D eigenvalue weighted by Gasteiger charge is 2.13. The number of carboxylic acids is 1. The van der Waals surface area contributed by atoms with Gasteiger partial charge in [-0.25, -0.2) is 9.59 Å². The largest absolute Gasteiger partial charge is 0.512 e. The zero-order valence-electron chi connectivity index (χ0n) is 7.97. The maximum Gasteiger partial charge on any atom is 0.413 e. The third-order valence-corrected chi connectivity index (χ3v) is 3.17. The van der Waals surface area contributed by atoms with Crippen LogP contribution in [0.2, 0.25) is 0 Å². The molecule has 78 valence electrons. The van der Waals surface area contributed by atoms with E-state index in [-0.39, 0.29) is 0 Å². The topological polar surface area (TPSA) is 63.6 Å². The van der Waals surface area contributed by atoms with Crippen molar-refractivity contribution in [1.82, 2.24) is 0 Å². The SMILES string of the molecule is C=Cc1ccccc1[SiH2]OC(=O)C(=O)O. The molecule has 1 N–H and O–H groups in total. The van der Waals surface area contributed by atoms with Crippen LogP contribution in [0.4, 0.5) is 0 Å². The van der Waals surface area contributed by atoms with Crippen LogP contribution in [0.3, 0.4) is 0 Å². The average Bonchev–Trinajstić information content (AvgIpc) is 2.26. The van der Waals surface area contributed by atoms with E-state index in [1.54, 1.807) is 12.1 Å². The minimum Gasteiger partial charge on any atom is -0.512 e. The van der Waals surface area contributed by atoms with E-state index >= 15 is 0 Å². The molecule has 1 aromatic carbocycles. The molecule has 0 saturated carbocycles. The highest BCUT2D eigenvalue weighted by molar-refractivity contribution is 6.52. The standard InChI is InChI=1S/C10H10O4Si/c1-2-7-5-3-4-6-8(7)15-14-10(13)9(11)12/h2-6H,1,15H2,(H,11,12). The Hall–Kier alpha value is -1.88. The predicted octanol–water partition coefficient (Wildman–Crippen LogP) is -0.334. The molecule has 0 unspecified atom stereocenters. The number of carbonyl (C=O) groups excluding carboxylic acids is 1. The summed E-state index contributed by atoms with van der Waals surface area (Å²) in [5, 5.41) is 9.18. The van der Waals surface area contributed by atoms with E-state index < -0.39 is 21.7 Å². The van der Waals surface area contributed by atoms with Gasteiger partial charge in [0.2, 0.25) is 0 Å². The lowest BCUT2D eigenvalue weighted by molar-refractivity contribution is -0.157. The van der Waals surface area contributed by atoms with E-state index in [0.29, 0.717) is 0 Å². The molecular formula is C10H10O4Si. The van der Waals surface area contributed by atoms with Gasteiger partial charge in [-0.3, -0.25) is 0 Å². The molecule has 0 saturated heterocycles. The van der Waals surface area contributed by atoms with E-state index in [0.717, 1.165) is 10.8 Å². The number of hydrogen-bond donors (Lipinski definition) is 1. The van der Waals surface area contributed by atoms with Crippen molar-refractivity contribution >= 4 is 33.0 Å². The molecule has 0 aromatic heterocycles. The Morgan fingerprint density at radius 2 is 2.07 bits per heavy atom. The molecule has 0 spiro atoms. The van der Waals surface area contributed by atoms with Gasteiger partial charge in [0, 0.05) is 0 Å². The molecule has 4 nitrogen and oxygen atoms in total. The van der Waals surface area contributed by atoms with Crippen molar-refractivity contribution < 1.29 is 19.1 Å².